The molecule has 3 N–H and O–H groups in total. The molecule has 0 atom stereocenters. The van der Waals surface area contributed by atoms with Crippen LogP contribution >= 0.6 is 37.2 Å². The minimum Gasteiger partial charge on any atom is -0.478 e. The summed E-state index contributed by atoms with van der Waals surface area (Å²) in [4.78, 5) is 23.6. The SMILES string of the molecule is COc1nc(C=CC(=O)NN)cnc1-n1cnc(C)c1.Cl.Cl.Cl. The zero-order valence-corrected chi connectivity index (χ0v) is 14.7. The van der Waals surface area contributed by atoms with Gasteiger partial charge < -0.3 is 4.74 Å². The van der Waals surface area contributed by atoms with E-state index in [9.17, 15) is 4.79 Å². The lowest BCUT2D eigenvalue weighted by Crippen LogP contribution is -2.27. The first-order chi connectivity index (χ1) is 9.63. The molecule has 0 bridgehead atoms. The van der Waals surface area contributed by atoms with E-state index in [1.54, 1.807) is 10.9 Å². The third-order valence-electron chi connectivity index (χ3n) is 2.44. The van der Waals surface area contributed by atoms with Crippen molar-refractivity contribution in [1.29, 1.82) is 0 Å². The van der Waals surface area contributed by atoms with E-state index in [-0.39, 0.29) is 37.2 Å². The summed E-state index contributed by atoms with van der Waals surface area (Å²) in [5.41, 5.74) is 3.32. The molecule has 0 aliphatic rings. The second kappa shape index (κ2) is 10.8. The number of hydrogen-bond donors (Lipinski definition) is 2. The summed E-state index contributed by atoms with van der Waals surface area (Å²) in [6.07, 6.45) is 7.70. The number of hydrazine groups is 1. The quantitative estimate of drug-likeness (QED) is 0.356. The number of aromatic nitrogens is 4. The predicted octanol–water partition coefficient (Wildman–Crippen LogP) is 1.25. The van der Waals surface area contributed by atoms with E-state index >= 15 is 0 Å². The Balaban J connectivity index is 0. The molecular formula is C12H17Cl3N6O2. The minimum absolute atomic E-state index is 0. The maximum Gasteiger partial charge on any atom is 0.258 e. The van der Waals surface area contributed by atoms with Crippen molar-refractivity contribution >= 4 is 49.2 Å². The number of nitrogens with two attached hydrogens (primary N) is 1. The molecule has 2 rings (SSSR count). The molecule has 0 saturated carbocycles. The van der Waals surface area contributed by atoms with Crippen molar-refractivity contribution in [3.05, 3.63) is 36.2 Å². The van der Waals surface area contributed by atoms with Crippen LogP contribution in [-0.4, -0.2) is 32.5 Å². The van der Waals surface area contributed by atoms with Crippen LogP contribution in [-0.2, 0) is 4.79 Å². The molecule has 2 aromatic heterocycles. The molecule has 2 heterocycles. The molecule has 0 spiro atoms. The fourth-order valence-electron chi connectivity index (χ4n) is 1.52. The number of ether oxygens (including phenoxy) is 1. The van der Waals surface area contributed by atoms with Gasteiger partial charge in [-0.2, -0.15) is 0 Å². The van der Waals surface area contributed by atoms with Gasteiger partial charge in [-0.1, -0.05) is 0 Å². The highest BCUT2D eigenvalue weighted by Gasteiger charge is 2.09. The highest BCUT2D eigenvalue weighted by atomic mass is 35.5. The van der Waals surface area contributed by atoms with Crippen molar-refractivity contribution < 1.29 is 9.53 Å². The third-order valence-corrected chi connectivity index (χ3v) is 2.44. The second-order valence-electron chi connectivity index (χ2n) is 3.89. The lowest BCUT2D eigenvalue weighted by atomic mass is 10.4. The molecule has 1 amide bonds. The fourth-order valence-corrected chi connectivity index (χ4v) is 1.52. The van der Waals surface area contributed by atoms with Gasteiger partial charge in [0.05, 0.1) is 24.7 Å². The molecule has 0 saturated heterocycles. The zero-order chi connectivity index (χ0) is 14.5. The number of nitrogens with one attached hydrogen (secondary N) is 1. The molecule has 23 heavy (non-hydrogen) atoms. The molecule has 2 aromatic rings. The van der Waals surface area contributed by atoms with Crippen LogP contribution in [0.25, 0.3) is 11.9 Å². The second-order valence-corrected chi connectivity index (χ2v) is 3.89. The molecule has 0 radical (unpaired) electrons. The van der Waals surface area contributed by atoms with Crippen LogP contribution in [0.2, 0.25) is 0 Å². The highest BCUT2D eigenvalue weighted by molar-refractivity contribution is 5.90. The number of carbonyl (C=O) groups is 1. The van der Waals surface area contributed by atoms with Crippen LogP contribution in [0, 0.1) is 6.92 Å². The monoisotopic (exact) mass is 382 g/mol. The summed E-state index contributed by atoms with van der Waals surface area (Å²) in [6, 6.07) is 0. The van der Waals surface area contributed by atoms with E-state index in [1.165, 1.54) is 25.5 Å². The van der Waals surface area contributed by atoms with Crippen LogP contribution in [0.5, 0.6) is 5.88 Å². The summed E-state index contributed by atoms with van der Waals surface area (Å²) < 4.78 is 6.91. The molecule has 128 valence electrons. The van der Waals surface area contributed by atoms with Gasteiger partial charge >= 0.3 is 0 Å². The molecule has 0 aliphatic carbocycles. The van der Waals surface area contributed by atoms with Gasteiger partial charge in [-0.3, -0.25) is 14.8 Å². The third kappa shape index (κ3) is 6.03. The largest absolute Gasteiger partial charge is 0.478 e. The first-order valence-electron chi connectivity index (χ1n) is 5.74. The van der Waals surface area contributed by atoms with Crippen molar-refractivity contribution in [3.8, 4) is 11.7 Å². The van der Waals surface area contributed by atoms with Crippen molar-refractivity contribution in [1.82, 2.24) is 24.9 Å². The number of imidazole rings is 1. The number of carbonyl (C=O) groups excluding carboxylic acids is 1. The average molecular weight is 384 g/mol. The lowest BCUT2D eigenvalue weighted by Gasteiger charge is -2.07. The fraction of sp³-hybridized carbons (Fsp3) is 0.167. The summed E-state index contributed by atoms with van der Waals surface area (Å²) in [5, 5.41) is 0. The van der Waals surface area contributed by atoms with Crippen LogP contribution in [0.1, 0.15) is 11.4 Å². The Morgan fingerprint density at radius 1 is 1.35 bits per heavy atom. The van der Waals surface area contributed by atoms with E-state index in [4.69, 9.17) is 10.6 Å². The average Bonchev–Trinajstić information content (AvgIpc) is 2.90. The first-order valence-corrected chi connectivity index (χ1v) is 5.74. The Hall–Kier alpha value is -1.87. The van der Waals surface area contributed by atoms with Crippen LogP contribution in [0.3, 0.4) is 0 Å². The van der Waals surface area contributed by atoms with Crippen molar-refractivity contribution in [3.63, 3.8) is 0 Å². The maximum atomic E-state index is 11.0. The van der Waals surface area contributed by atoms with Crippen LogP contribution in [0.15, 0.2) is 24.8 Å². The van der Waals surface area contributed by atoms with E-state index < -0.39 is 5.91 Å². The summed E-state index contributed by atoms with van der Waals surface area (Å²) in [7, 11) is 1.50. The van der Waals surface area contributed by atoms with Crippen LogP contribution in [0.4, 0.5) is 0 Å². The smallest absolute Gasteiger partial charge is 0.258 e. The summed E-state index contributed by atoms with van der Waals surface area (Å²) in [6.45, 7) is 1.87. The lowest BCUT2D eigenvalue weighted by molar-refractivity contribution is -0.116. The van der Waals surface area contributed by atoms with E-state index in [0.29, 0.717) is 17.4 Å². The minimum atomic E-state index is -0.430. The van der Waals surface area contributed by atoms with Gasteiger partial charge in [0, 0.05) is 12.3 Å². The number of methoxy groups -OCH3 is 1. The van der Waals surface area contributed by atoms with Crippen molar-refractivity contribution in [2.24, 2.45) is 5.84 Å². The Labute approximate surface area is 151 Å². The summed E-state index contributed by atoms with van der Waals surface area (Å²) in [5.74, 6) is 5.40. The topological polar surface area (TPSA) is 108 Å². The van der Waals surface area contributed by atoms with Crippen LogP contribution < -0.4 is 16.0 Å². The highest BCUT2D eigenvalue weighted by Crippen LogP contribution is 2.18. The Morgan fingerprint density at radius 3 is 2.57 bits per heavy atom. The molecule has 11 heteroatoms. The standard InChI is InChI=1S/C12H14N6O2.3ClH/c1-8-6-18(7-15-8)11-12(20-2)16-9(5-14-11)3-4-10(19)17-13;;;/h3-7H,13H2,1-2H3,(H,17,19);3*1H. The number of halogens is 3. The first kappa shape index (κ1) is 23.4. The van der Waals surface area contributed by atoms with E-state index in [2.05, 4.69) is 15.0 Å². The number of nitrogens with zero attached hydrogens (tertiary/aromatic N) is 4. The number of amides is 1. The predicted molar refractivity (Wildman–Crippen MR) is 93.6 cm³/mol. The van der Waals surface area contributed by atoms with E-state index in [1.807, 2.05) is 18.5 Å². The molecule has 0 unspecified atom stereocenters. The summed E-state index contributed by atoms with van der Waals surface area (Å²) >= 11 is 0. The zero-order valence-electron chi connectivity index (χ0n) is 12.3. The molecule has 0 aliphatic heterocycles. The molecule has 8 nitrogen and oxygen atoms in total. The Kier molecular flexibility index (Phi) is 11.0. The van der Waals surface area contributed by atoms with Gasteiger partial charge in [-0.05, 0) is 13.0 Å². The van der Waals surface area contributed by atoms with Gasteiger partial charge in [0.2, 0.25) is 5.82 Å². The van der Waals surface area contributed by atoms with Gasteiger partial charge in [0.25, 0.3) is 11.8 Å². The molecule has 0 fully saturated rings. The Morgan fingerprint density at radius 2 is 2.04 bits per heavy atom. The van der Waals surface area contributed by atoms with Gasteiger partial charge in [-0.25, -0.2) is 20.8 Å². The number of rotatable bonds is 4. The van der Waals surface area contributed by atoms with Crippen molar-refractivity contribution in [2.75, 3.05) is 7.11 Å². The molecular weight excluding hydrogens is 367 g/mol. The van der Waals surface area contributed by atoms with E-state index in [0.717, 1.165) is 5.69 Å². The Bertz CT molecular complexity index is 662. The number of hydrogen-bond acceptors (Lipinski definition) is 6. The van der Waals surface area contributed by atoms with Gasteiger partial charge in [0.15, 0.2) is 0 Å². The van der Waals surface area contributed by atoms with Gasteiger partial charge in [0.1, 0.15) is 6.33 Å². The van der Waals surface area contributed by atoms with Crippen molar-refractivity contribution in [2.45, 2.75) is 6.92 Å². The normalized spacial score (nSPS) is 9.35. The van der Waals surface area contributed by atoms with Gasteiger partial charge in [-0.15, -0.1) is 37.2 Å². The number of aryl methyl sites for hydroxylation is 1. The maximum absolute atomic E-state index is 11.0. The molecule has 0 aromatic carbocycles.